The average Bonchev–Trinajstić information content (AvgIpc) is 3.25. The highest BCUT2D eigenvalue weighted by Gasteiger charge is 2.33. The predicted octanol–water partition coefficient (Wildman–Crippen LogP) is 1.81. The summed E-state index contributed by atoms with van der Waals surface area (Å²) in [6, 6.07) is 6.71. The number of benzene rings is 1. The Bertz CT molecular complexity index is 739. The van der Waals surface area contributed by atoms with Crippen LogP contribution in [-0.4, -0.2) is 65.1 Å². The normalized spacial score (nSPS) is 19.5. The van der Waals surface area contributed by atoms with Gasteiger partial charge in [0.05, 0.1) is 0 Å². The van der Waals surface area contributed by atoms with E-state index in [0.717, 1.165) is 31.1 Å². The summed E-state index contributed by atoms with van der Waals surface area (Å²) >= 11 is 1.38. The second-order valence-corrected chi connectivity index (χ2v) is 7.73. The van der Waals surface area contributed by atoms with Gasteiger partial charge in [-0.25, -0.2) is 0 Å². The number of hydrogen-bond donors (Lipinski definition) is 1. The van der Waals surface area contributed by atoms with E-state index in [1.54, 1.807) is 38.4 Å². The van der Waals surface area contributed by atoms with Crippen molar-refractivity contribution < 1.29 is 14.4 Å². The largest absolute Gasteiger partial charge is 0.351 e. The van der Waals surface area contributed by atoms with E-state index >= 15 is 0 Å². The molecule has 0 bridgehead atoms. The van der Waals surface area contributed by atoms with Crippen molar-refractivity contribution in [1.29, 1.82) is 0 Å². The Labute approximate surface area is 156 Å². The summed E-state index contributed by atoms with van der Waals surface area (Å²) in [6.07, 6.45) is 2.32. The van der Waals surface area contributed by atoms with E-state index in [2.05, 4.69) is 15.2 Å². The minimum Gasteiger partial charge on any atom is -0.351 e. The molecule has 0 spiro atoms. The van der Waals surface area contributed by atoms with Crippen LogP contribution < -0.4 is 5.32 Å². The minimum absolute atomic E-state index is 0.0860. The number of thioether (sulfide) groups is 1. The topological polar surface area (TPSA) is 82.1 Å². The lowest BCUT2D eigenvalue weighted by Crippen LogP contribution is -2.25. The number of hydrogen-bond acceptors (Lipinski definition) is 5. The van der Waals surface area contributed by atoms with E-state index < -0.39 is 5.25 Å². The molecule has 0 radical (unpaired) electrons. The monoisotopic (exact) mass is 374 g/mol. The second-order valence-electron chi connectivity index (χ2n) is 6.56. The van der Waals surface area contributed by atoms with Gasteiger partial charge in [0.2, 0.25) is 5.91 Å². The van der Waals surface area contributed by atoms with Crippen LogP contribution in [0.3, 0.4) is 0 Å². The Morgan fingerprint density at radius 2 is 1.88 bits per heavy atom. The zero-order valence-corrected chi connectivity index (χ0v) is 15.7. The SMILES string of the molecule is CN(C)C(=O)c1ccc(NC(=O)C[C@@H]2SC(N3CCCC3)=NC2=O)cc1. The molecule has 2 heterocycles. The van der Waals surface area contributed by atoms with Gasteiger partial charge in [-0.05, 0) is 37.1 Å². The molecule has 8 heteroatoms. The summed E-state index contributed by atoms with van der Waals surface area (Å²) < 4.78 is 0. The fourth-order valence-corrected chi connectivity index (χ4v) is 4.00. The molecule has 7 nitrogen and oxygen atoms in total. The molecule has 1 atom stereocenters. The van der Waals surface area contributed by atoms with Crippen molar-refractivity contribution in [2.24, 2.45) is 4.99 Å². The number of amidine groups is 1. The highest BCUT2D eigenvalue weighted by Crippen LogP contribution is 2.29. The molecule has 138 valence electrons. The van der Waals surface area contributed by atoms with Gasteiger partial charge in [-0.1, -0.05) is 11.8 Å². The second kappa shape index (κ2) is 7.90. The summed E-state index contributed by atoms with van der Waals surface area (Å²) in [4.78, 5) is 43.9. The molecule has 1 fully saturated rings. The lowest BCUT2D eigenvalue weighted by Gasteiger charge is -2.16. The molecule has 0 aromatic heterocycles. The highest BCUT2D eigenvalue weighted by molar-refractivity contribution is 8.15. The van der Waals surface area contributed by atoms with Gasteiger partial charge in [-0.2, -0.15) is 4.99 Å². The highest BCUT2D eigenvalue weighted by atomic mass is 32.2. The maximum atomic E-state index is 12.3. The van der Waals surface area contributed by atoms with Gasteiger partial charge in [-0.15, -0.1) is 0 Å². The number of anilines is 1. The molecular weight excluding hydrogens is 352 g/mol. The third-order valence-corrected chi connectivity index (χ3v) is 5.51. The Morgan fingerprint density at radius 1 is 1.23 bits per heavy atom. The molecule has 1 aromatic rings. The van der Waals surface area contributed by atoms with Crippen molar-refractivity contribution in [3.8, 4) is 0 Å². The number of carbonyl (C=O) groups is 3. The first-order valence-electron chi connectivity index (χ1n) is 8.60. The molecule has 0 unspecified atom stereocenters. The third kappa shape index (κ3) is 4.24. The molecule has 26 heavy (non-hydrogen) atoms. The maximum Gasteiger partial charge on any atom is 0.262 e. The Balaban J connectivity index is 1.53. The Morgan fingerprint density at radius 3 is 2.50 bits per heavy atom. The van der Waals surface area contributed by atoms with Crippen molar-refractivity contribution in [1.82, 2.24) is 9.80 Å². The zero-order chi connectivity index (χ0) is 18.7. The van der Waals surface area contributed by atoms with Crippen LogP contribution in [0.5, 0.6) is 0 Å². The third-order valence-electron chi connectivity index (χ3n) is 4.30. The van der Waals surface area contributed by atoms with Gasteiger partial charge in [0.15, 0.2) is 5.17 Å². The minimum atomic E-state index is -0.458. The van der Waals surface area contributed by atoms with Crippen LogP contribution in [0.4, 0.5) is 5.69 Å². The lowest BCUT2D eigenvalue weighted by atomic mass is 10.2. The molecule has 1 saturated heterocycles. The first-order valence-corrected chi connectivity index (χ1v) is 9.48. The molecule has 1 N–H and O–H groups in total. The number of nitrogens with zero attached hydrogens (tertiary/aromatic N) is 3. The molecule has 0 aliphatic carbocycles. The van der Waals surface area contributed by atoms with Crippen molar-refractivity contribution in [2.45, 2.75) is 24.5 Å². The lowest BCUT2D eigenvalue weighted by molar-refractivity contribution is -0.121. The van der Waals surface area contributed by atoms with Crippen LogP contribution in [0.25, 0.3) is 0 Å². The molecule has 0 saturated carbocycles. The van der Waals surface area contributed by atoms with Crippen LogP contribution in [0, 0.1) is 0 Å². The van der Waals surface area contributed by atoms with E-state index in [-0.39, 0.29) is 24.1 Å². The Hall–Kier alpha value is -2.35. The summed E-state index contributed by atoms with van der Waals surface area (Å²) in [6.45, 7) is 1.85. The van der Waals surface area contributed by atoms with Gasteiger partial charge in [0.1, 0.15) is 5.25 Å². The fraction of sp³-hybridized carbons (Fsp3) is 0.444. The van der Waals surface area contributed by atoms with E-state index in [1.807, 2.05) is 0 Å². The number of carbonyl (C=O) groups excluding carboxylic acids is 3. The van der Waals surface area contributed by atoms with Gasteiger partial charge in [-0.3, -0.25) is 14.4 Å². The molecule has 3 rings (SSSR count). The maximum absolute atomic E-state index is 12.3. The number of likely N-dealkylation sites (tertiary alicyclic amines) is 1. The predicted molar refractivity (Wildman–Crippen MR) is 102 cm³/mol. The first-order chi connectivity index (χ1) is 12.4. The summed E-state index contributed by atoms with van der Waals surface area (Å²) in [5, 5.41) is 3.06. The number of aliphatic imine (C=N–C) groups is 1. The van der Waals surface area contributed by atoms with Crippen LogP contribution in [0.1, 0.15) is 29.6 Å². The van der Waals surface area contributed by atoms with E-state index in [0.29, 0.717) is 11.3 Å². The average molecular weight is 374 g/mol. The standard InChI is InChI=1S/C18H22N4O3S/c1-21(2)17(25)12-5-7-13(8-6-12)19-15(23)11-14-16(24)20-18(26-14)22-9-3-4-10-22/h5-8,14H,3-4,9-11H2,1-2H3,(H,19,23)/t14-/m0/s1. The van der Waals surface area contributed by atoms with E-state index in [4.69, 9.17) is 0 Å². The van der Waals surface area contributed by atoms with Crippen LogP contribution >= 0.6 is 11.8 Å². The quantitative estimate of drug-likeness (QED) is 0.869. The van der Waals surface area contributed by atoms with Crippen molar-refractivity contribution in [2.75, 3.05) is 32.5 Å². The van der Waals surface area contributed by atoms with E-state index in [1.165, 1.54) is 16.7 Å². The number of rotatable bonds is 4. The Kier molecular flexibility index (Phi) is 5.61. The van der Waals surface area contributed by atoms with Crippen LogP contribution in [0.15, 0.2) is 29.3 Å². The van der Waals surface area contributed by atoms with E-state index in [9.17, 15) is 14.4 Å². The van der Waals surface area contributed by atoms with Gasteiger partial charge >= 0.3 is 0 Å². The smallest absolute Gasteiger partial charge is 0.262 e. The summed E-state index contributed by atoms with van der Waals surface area (Å²) in [7, 11) is 3.37. The van der Waals surface area contributed by atoms with Crippen LogP contribution in [-0.2, 0) is 9.59 Å². The molecule has 1 aromatic carbocycles. The fourth-order valence-electron chi connectivity index (χ4n) is 2.89. The van der Waals surface area contributed by atoms with Crippen molar-refractivity contribution in [3.63, 3.8) is 0 Å². The van der Waals surface area contributed by atoms with Crippen molar-refractivity contribution in [3.05, 3.63) is 29.8 Å². The van der Waals surface area contributed by atoms with Gasteiger partial charge in [0, 0.05) is 44.9 Å². The summed E-state index contributed by atoms with van der Waals surface area (Å²) in [5.41, 5.74) is 1.15. The van der Waals surface area contributed by atoms with Crippen molar-refractivity contribution >= 4 is 40.3 Å². The number of amides is 3. The molecular formula is C18H22N4O3S. The number of nitrogens with one attached hydrogen (secondary N) is 1. The molecule has 2 aliphatic rings. The van der Waals surface area contributed by atoms with Gasteiger partial charge in [0.25, 0.3) is 11.8 Å². The first kappa shape index (κ1) is 18.4. The zero-order valence-electron chi connectivity index (χ0n) is 14.9. The summed E-state index contributed by atoms with van der Waals surface area (Å²) in [5.74, 6) is -0.568. The molecule has 3 amide bonds. The van der Waals surface area contributed by atoms with Crippen LogP contribution in [0.2, 0.25) is 0 Å². The molecule has 2 aliphatic heterocycles. The van der Waals surface area contributed by atoms with Gasteiger partial charge < -0.3 is 15.1 Å².